The number of sulfone groups is 1. The zero-order valence-electron chi connectivity index (χ0n) is 13.6. The zero-order valence-corrected chi connectivity index (χ0v) is 15.2. The predicted molar refractivity (Wildman–Crippen MR) is 93.7 cm³/mol. The molecule has 1 fully saturated rings. The molecule has 5 nitrogen and oxygen atoms in total. The van der Waals surface area contributed by atoms with E-state index >= 15 is 0 Å². The van der Waals surface area contributed by atoms with Crippen LogP contribution in [0.2, 0.25) is 0 Å². The van der Waals surface area contributed by atoms with E-state index < -0.39 is 9.84 Å². The second kappa shape index (κ2) is 6.20. The Kier molecular flexibility index (Phi) is 4.18. The monoisotopic (exact) mass is 363 g/mol. The van der Waals surface area contributed by atoms with Crippen LogP contribution in [0.1, 0.15) is 29.0 Å². The van der Waals surface area contributed by atoms with Gasteiger partial charge in [0.15, 0.2) is 0 Å². The van der Waals surface area contributed by atoms with Crippen molar-refractivity contribution in [3.05, 3.63) is 40.4 Å². The molecule has 2 aliphatic rings. The highest BCUT2D eigenvalue weighted by Crippen LogP contribution is 2.40. The molecule has 0 amide bonds. The van der Waals surface area contributed by atoms with Gasteiger partial charge >= 0.3 is 0 Å². The predicted octanol–water partition coefficient (Wildman–Crippen LogP) is 2.22. The summed E-state index contributed by atoms with van der Waals surface area (Å²) in [6, 6.07) is 9.26. The average Bonchev–Trinajstić information content (AvgIpc) is 3.09. The first-order valence-electron chi connectivity index (χ1n) is 8.33. The minimum absolute atomic E-state index is 0.107. The highest BCUT2D eigenvalue weighted by Gasteiger charge is 2.38. The Bertz CT molecular complexity index is 814. The minimum atomic E-state index is -3.26. The van der Waals surface area contributed by atoms with Crippen molar-refractivity contribution >= 4 is 21.2 Å². The Morgan fingerprint density at radius 1 is 1.12 bits per heavy atom. The molecule has 1 aromatic carbocycles. The highest BCUT2D eigenvalue weighted by atomic mass is 32.2. The van der Waals surface area contributed by atoms with Gasteiger partial charge in [-0.3, -0.25) is 0 Å². The molecule has 128 valence electrons. The summed E-state index contributed by atoms with van der Waals surface area (Å²) in [6.45, 7) is 0.598. The minimum Gasteiger partial charge on any atom is -0.307 e. The van der Waals surface area contributed by atoms with E-state index in [2.05, 4.69) is 39.8 Å². The highest BCUT2D eigenvalue weighted by molar-refractivity contribution is 7.92. The Balaban J connectivity index is 1.47. The van der Waals surface area contributed by atoms with Crippen LogP contribution in [-0.2, 0) is 29.2 Å². The van der Waals surface area contributed by atoms with E-state index in [0.29, 0.717) is 24.4 Å². The summed E-state index contributed by atoms with van der Waals surface area (Å²) in [5.41, 5.74) is 2.98. The number of fused-ring (bicyclic) bond motifs is 3. The fourth-order valence-corrected chi connectivity index (χ4v) is 5.75. The first kappa shape index (κ1) is 16.2. The van der Waals surface area contributed by atoms with Gasteiger partial charge in [-0.2, -0.15) is 0 Å². The van der Waals surface area contributed by atoms with Gasteiger partial charge in [0.1, 0.15) is 5.01 Å². The summed E-state index contributed by atoms with van der Waals surface area (Å²) in [7, 11) is -3.26. The Labute approximate surface area is 146 Å². The molecule has 2 aromatic rings. The molecule has 1 saturated carbocycles. The van der Waals surface area contributed by atoms with Gasteiger partial charge in [-0.1, -0.05) is 35.6 Å². The van der Waals surface area contributed by atoms with Crippen LogP contribution in [0, 0.1) is 11.8 Å². The zero-order chi connectivity index (χ0) is 16.7. The summed E-state index contributed by atoms with van der Waals surface area (Å²) < 4.78 is 23.2. The van der Waals surface area contributed by atoms with Crippen LogP contribution in [0.4, 0.5) is 0 Å². The second-order valence-corrected chi connectivity index (χ2v) is 10.2. The normalized spacial score (nSPS) is 26.1. The van der Waals surface area contributed by atoms with E-state index in [1.54, 1.807) is 0 Å². The van der Waals surface area contributed by atoms with Gasteiger partial charge in [0, 0.05) is 18.8 Å². The molecule has 1 heterocycles. The molecule has 0 spiro atoms. The Morgan fingerprint density at radius 2 is 1.75 bits per heavy atom. The van der Waals surface area contributed by atoms with E-state index in [1.807, 2.05) is 0 Å². The number of aromatic nitrogens is 2. The molecule has 0 saturated heterocycles. The number of benzene rings is 1. The molecular formula is C17H21N3O2S2. The lowest BCUT2D eigenvalue weighted by molar-refractivity contribution is 0.340. The standard InChI is InChI=1S/C17H21N3O2S2/c1-24(21,22)17-20-19-15(23-17)10-18-16-13-6-7-14(16)9-12-5-3-2-4-11(12)8-13/h2-5,13-14,16,18H,6-10H2,1H3. The van der Waals surface area contributed by atoms with Crippen LogP contribution in [-0.4, -0.2) is 30.9 Å². The second-order valence-electron chi connectivity index (χ2n) is 6.92. The summed E-state index contributed by atoms with van der Waals surface area (Å²) in [5.74, 6) is 1.31. The van der Waals surface area contributed by atoms with Gasteiger partial charge in [0.05, 0.1) is 0 Å². The molecule has 1 N–H and O–H groups in total. The lowest BCUT2D eigenvalue weighted by atomic mass is 9.94. The summed E-state index contributed by atoms with van der Waals surface area (Å²) in [4.78, 5) is 0. The number of hydrogen-bond donors (Lipinski definition) is 1. The van der Waals surface area contributed by atoms with Gasteiger partial charge in [-0.25, -0.2) is 8.42 Å². The van der Waals surface area contributed by atoms with E-state index in [-0.39, 0.29) is 4.34 Å². The summed E-state index contributed by atoms with van der Waals surface area (Å²) in [5, 5.41) is 12.2. The van der Waals surface area contributed by atoms with Crippen LogP contribution < -0.4 is 5.32 Å². The third-order valence-corrected chi connectivity index (χ3v) is 7.85. The van der Waals surface area contributed by atoms with Crippen LogP contribution in [0.15, 0.2) is 28.6 Å². The maximum Gasteiger partial charge on any atom is 0.232 e. The fourth-order valence-electron chi connectivity index (χ4n) is 4.15. The van der Waals surface area contributed by atoms with Crippen molar-refractivity contribution < 1.29 is 8.42 Å². The number of hydrogen-bond acceptors (Lipinski definition) is 6. The quantitative estimate of drug-likeness (QED) is 0.902. The molecule has 0 aliphatic heterocycles. The van der Waals surface area contributed by atoms with E-state index in [1.165, 1.54) is 41.6 Å². The Hall–Kier alpha value is -1.31. The summed E-state index contributed by atoms with van der Waals surface area (Å²) in [6.07, 6.45) is 5.97. The van der Waals surface area contributed by atoms with Crippen molar-refractivity contribution in [3.63, 3.8) is 0 Å². The van der Waals surface area contributed by atoms with Gasteiger partial charge in [-0.05, 0) is 48.6 Å². The fraction of sp³-hybridized carbons (Fsp3) is 0.529. The van der Waals surface area contributed by atoms with Crippen molar-refractivity contribution in [2.45, 2.75) is 42.6 Å². The third kappa shape index (κ3) is 3.12. The molecular weight excluding hydrogens is 342 g/mol. The summed E-state index contributed by atoms with van der Waals surface area (Å²) >= 11 is 1.17. The number of nitrogens with zero attached hydrogens (tertiary/aromatic N) is 2. The molecule has 2 aliphatic carbocycles. The van der Waals surface area contributed by atoms with Crippen LogP contribution in [0.5, 0.6) is 0 Å². The average molecular weight is 364 g/mol. The number of nitrogens with one attached hydrogen (secondary N) is 1. The topological polar surface area (TPSA) is 72.0 Å². The maximum atomic E-state index is 11.5. The molecule has 2 atom stereocenters. The first-order chi connectivity index (χ1) is 11.5. The molecule has 1 aromatic heterocycles. The van der Waals surface area contributed by atoms with Crippen molar-refractivity contribution in [3.8, 4) is 0 Å². The van der Waals surface area contributed by atoms with E-state index in [0.717, 1.165) is 17.8 Å². The molecule has 4 rings (SSSR count). The van der Waals surface area contributed by atoms with Gasteiger partial charge in [0.25, 0.3) is 0 Å². The van der Waals surface area contributed by atoms with E-state index in [4.69, 9.17) is 0 Å². The van der Waals surface area contributed by atoms with Crippen molar-refractivity contribution in [1.29, 1.82) is 0 Å². The molecule has 7 heteroatoms. The molecule has 0 radical (unpaired) electrons. The first-order valence-corrected chi connectivity index (χ1v) is 11.0. The molecule has 2 unspecified atom stereocenters. The van der Waals surface area contributed by atoms with Crippen molar-refractivity contribution in [2.24, 2.45) is 11.8 Å². The van der Waals surface area contributed by atoms with Crippen LogP contribution in [0.3, 0.4) is 0 Å². The maximum absolute atomic E-state index is 11.5. The lowest BCUT2D eigenvalue weighted by Crippen LogP contribution is -2.37. The van der Waals surface area contributed by atoms with Crippen LogP contribution >= 0.6 is 11.3 Å². The third-order valence-electron chi connectivity index (χ3n) is 5.26. The van der Waals surface area contributed by atoms with Gasteiger partial charge in [-0.15, -0.1) is 10.2 Å². The van der Waals surface area contributed by atoms with Crippen molar-refractivity contribution in [1.82, 2.24) is 15.5 Å². The smallest absolute Gasteiger partial charge is 0.232 e. The number of rotatable bonds is 4. The Morgan fingerprint density at radius 3 is 2.29 bits per heavy atom. The largest absolute Gasteiger partial charge is 0.307 e. The van der Waals surface area contributed by atoms with E-state index in [9.17, 15) is 8.42 Å². The van der Waals surface area contributed by atoms with Gasteiger partial charge < -0.3 is 5.32 Å². The lowest BCUT2D eigenvalue weighted by Gasteiger charge is -2.23. The molecule has 2 bridgehead atoms. The van der Waals surface area contributed by atoms with Gasteiger partial charge in [0.2, 0.25) is 14.2 Å². The molecule has 24 heavy (non-hydrogen) atoms. The van der Waals surface area contributed by atoms with Crippen molar-refractivity contribution in [2.75, 3.05) is 6.26 Å². The SMILES string of the molecule is CS(=O)(=O)c1nnc(CNC2C3CCC2Cc2ccccc2C3)s1. The van der Waals surface area contributed by atoms with Crippen LogP contribution in [0.25, 0.3) is 0 Å².